The number of rotatable bonds is 3. The summed E-state index contributed by atoms with van der Waals surface area (Å²) in [5.74, 6) is -0.0448. The Labute approximate surface area is 84.3 Å². The molecule has 3 N–H and O–H groups in total. The maximum atomic E-state index is 11.6. The van der Waals surface area contributed by atoms with Gasteiger partial charge in [0.25, 0.3) is 5.91 Å². The molecular formula is C11H16N2O. The van der Waals surface area contributed by atoms with E-state index in [0.29, 0.717) is 13.1 Å². The minimum atomic E-state index is -0.0448. The van der Waals surface area contributed by atoms with E-state index < -0.39 is 0 Å². The lowest BCUT2D eigenvalue weighted by molar-refractivity contribution is 0.0954. The predicted molar refractivity (Wildman–Crippen MR) is 57.3 cm³/mol. The highest BCUT2D eigenvalue weighted by Crippen LogP contribution is 2.09. The first-order chi connectivity index (χ1) is 6.65. The normalized spacial score (nSPS) is 9.93. The fraction of sp³-hybridized carbons (Fsp3) is 0.364. The molecule has 0 aliphatic carbocycles. The van der Waals surface area contributed by atoms with E-state index in [9.17, 15) is 4.79 Å². The Morgan fingerprint density at radius 2 is 2.14 bits per heavy atom. The van der Waals surface area contributed by atoms with Gasteiger partial charge >= 0.3 is 0 Å². The second-order valence-electron chi connectivity index (χ2n) is 3.36. The van der Waals surface area contributed by atoms with Gasteiger partial charge < -0.3 is 11.1 Å². The summed E-state index contributed by atoms with van der Waals surface area (Å²) in [5, 5.41) is 2.75. The van der Waals surface area contributed by atoms with Crippen LogP contribution >= 0.6 is 0 Å². The molecule has 3 heteroatoms. The van der Waals surface area contributed by atoms with Crippen LogP contribution in [0.3, 0.4) is 0 Å². The van der Waals surface area contributed by atoms with E-state index in [1.807, 2.05) is 32.0 Å². The van der Waals surface area contributed by atoms with Gasteiger partial charge in [0, 0.05) is 18.7 Å². The van der Waals surface area contributed by atoms with E-state index in [4.69, 9.17) is 5.73 Å². The summed E-state index contributed by atoms with van der Waals surface area (Å²) in [6.45, 7) is 4.89. The average Bonchev–Trinajstić information content (AvgIpc) is 2.18. The predicted octanol–water partition coefficient (Wildman–Crippen LogP) is 0.992. The highest BCUT2D eigenvalue weighted by atomic mass is 16.1. The molecule has 0 aromatic heterocycles. The number of hydrogen-bond acceptors (Lipinski definition) is 2. The van der Waals surface area contributed by atoms with E-state index in [1.54, 1.807) is 0 Å². The molecule has 0 atom stereocenters. The zero-order valence-electron chi connectivity index (χ0n) is 8.63. The van der Waals surface area contributed by atoms with Crippen molar-refractivity contribution in [3.63, 3.8) is 0 Å². The minimum Gasteiger partial charge on any atom is -0.351 e. The number of nitrogens with two attached hydrogens (primary N) is 1. The number of aryl methyl sites for hydroxylation is 2. The van der Waals surface area contributed by atoms with Crippen LogP contribution in [0.15, 0.2) is 18.2 Å². The van der Waals surface area contributed by atoms with Gasteiger partial charge in [-0.1, -0.05) is 17.7 Å². The van der Waals surface area contributed by atoms with Crippen LogP contribution in [0.25, 0.3) is 0 Å². The van der Waals surface area contributed by atoms with Crippen LogP contribution in [-0.2, 0) is 0 Å². The molecule has 0 spiro atoms. The molecule has 1 aromatic rings. The number of carbonyl (C=O) groups excluding carboxylic acids is 1. The van der Waals surface area contributed by atoms with Gasteiger partial charge in [0.15, 0.2) is 0 Å². The number of amides is 1. The lowest BCUT2D eigenvalue weighted by Crippen LogP contribution is -2.29. The molecule has 0 saturated carbocycles. The Hall–Kier alpha value is -1.35. The molecule has 0 bridgehead atoms. The van der Waals surface area contributed by atoms with Crippen LogP contribution < -0.4 is 11.1 Å². The summed E-state index contributed by atoms with van der Waals surface area (Å²) in [6.07, 6.45) is 0. The summed E-state index contributed by atoms with van der Waals surface area (Å²) in [6, 6.07) is 5.84. The van der Waals surface area contributed by atoms with Gasteiger partial charge in [0.05, 0.1) is 0 Å². The third-order valence-corrected chi connectivity index (χ3v) is 2.07. The maximum Gasteiger partial charge on any atom is 0.251 e. The van der Waals surface area contributed by atoms with Gasteiger partial charge in [-0.2, -0.15) is 0 Å². The number of carbonyl (C=O) groups is 1. The molecule has 0 unspecified atom stereocenters. The second kappa shape index (κ2) is 4.77. The van der Waals surface area contributed by atoms with E-state index in [-0.39, 0.29) is 5.91 Å². The van der Waals surface area contributed by atoms with Gasteiger partial charge in [-0.05, 0) is 25.5 Å². The molecule has 0 aliphatic rings. The fourth-order valence-electron chi connectivity index (χ4n) is 1.26. The third-order valence-electron chi connectivity index (χ3n) is 2.07. The van der Waals surface area contributed by atoms with Crippen LogP contribution in [0.5, 0.6) is 0 Å². The second-order valence-corrected chi connectivity index (χ2v) is 3.36. The molecule has 1 amide bonds. The Morgan fingerprint density at radius 3 is 2.79 bits per heavy atom. The van der Waals surface area contributed by atoms with Gasteiger partial charge in [0.2, 0.25) is 0 Å². The molecule has 76 valence electrons. The summed E-state index contributed by atoms with van der Waals surface area (Å²) in [7, 11) is 0. The Bertz CT molecular complexity index is 334. The molecule has 0 aliphatic heterocycles. The molecule has 1 rings (SSSR count). The lowest BCUT2D eigenvalue weighted by atomic mass is 10.1. The summed E-state index contributed by atoms with van der Waals surface area (Å²) < 4.78 is 0. The van der Waals surface area contributed by atoms with Crippen LogP contribution in [0.1, 0.15) is 21.5 Å². The molecule has 0 saturated heterocycles. The van der Waals surface area contributed by atoms with Crippen molar-refractivity contribution in [3.8, 4) is 0 Å². The largest absolute Gasteiger partial charge is 0.351 e. The topological polar surface area (TPSA) is 55.1 Å². The first-order valence-corrected chi connectivity index (χ1v) is 4.70. The van der Waals surface area contributed by atoms with Crippen molar-refractivity contribution in [1.29, 1.82) is 0 Å². The van der Waals surface area contributed by atoms with E-state index >= 15 is 0 Å². The first kappa shape index (κ1) is 10.7. The highest BCUT2D eigenvalue weighted by Gasteiger charge is 2.07. The van der Waals surface area contributed by atoms with Crippen molar-refractivity contribution in [3.05, 3.63) is 34.9 Å². The number of benzene rings is 1. The van der Waals surface area contributed by atoms with Crippen molar-refractivity contribution >= 4 is 5.91 Å². The van der Waals surface area contributed by atoms with E-state index in [1.165, 1.54) is 0 Å². The van der Waals surface area contributed by atoms with Crippen molar-refractivity contribution in [2.75, 3.05) is 13.1 Å². The molecule has 1 aromatic carbocycles. The maximum absolute atomic E-state index is 11.6. The summed E-state index contributed by atoms with van der Waals surface area (Å²) >= 11 is 0. The SMILES string of the molecule is Cc1ccc(C)c(C(=O)NCCN)c1. The molecule has 3 nitrogen and oxygen atoms in total. The van der Waals surface area contributed by atoms with Crippen LogP contribution in [0, 0.1) is 13.8 Å². The quantitative estimate of drug-likeness (QED) is 0.750. The summed E-state index contributed by atoms with van der Waals surface area (Å²) in [5.41, 5.74) is 8.12. The van der Waals surface area contributed by atoms with Crippen LogP contribution in [0.2, 0.25) is 0 Å². The molecule has 0 heterocycles. The molecular weight excluding hydrogens is 176 g/mol. The Kier molecular flexibility index (Phi) is 3.65. The third kappa shape index (κ3) is 2.57. The van der Waals surface area contributed by atoms with Crippen molar-refractivity contribution < 1.29 is 4.79 Å². The first-order valence-electron chi connectivity index (χ1n) is 4.70. The van der Waals surface area contributed by atoms with Crippen LogP contribution in [0.4, 0.5) is 0 Å². The lowest BCUT2D eigenvalue weighted by Gasteiger charge is -2.07. The minimum absolute atomic E-state index is 0.0448. The van der Waals surface area contributed by atoms with E-state index in [0.717, 1.165) is 16.7 Å². The van der Waals surface area contributed by atoms with Crippen LogP contribution in [-0.4, -0.2) is 19.0 Å². The standard InChI is InChI=1S/C11H16N2O/c1-8-3-4-9(2)10(7-8)11(14)13-6-5-12/h3-4,7H,5-6,12H2,1-2H3,(H,13,14). The highest BCUT2D eigenvalue weighted by molar-refractivity contribution is 5.95. The zero-order chi connectivity index (χ0) is 10.6. The zero-order valence-corrected chi connectivity index (χ0v) is 8.63. The van der Waals surface area contributed by atoms with Gasteiger partial charge in [-0.15, -0.1) is 0 Å². The molecule has 0 fully saturated rings. The smallest absolute Gasteiger partial charge is 0.251 e. The van der Waals surface area contributed by atoms with Crippen molar-refractivity contribution in [1.82, 2.24) is 5.32 Å². The molecule has 14 heavy (non-hydrogen) atoms. The fourth-order valence-corrected chi connectivity index (χ4v) is 1.26. The van der Waals surface area contributed by atoms with Gasteiger partial charge in [0.1, 0.15) is 0 Å². The Balaban J connectivity index is 2.83. The number of hydrogen-bond donors (Lipinski definition) is 2. The molecule has 0 radical (unpaired) electrons. The summed E-state index contributed by atoms with van der Waals surface area (Å²) in [4.78, 5) is 11.6. The monoisotopic (exact) mass is 192 g/mol. The van der Waals surface area contributed by atoms with Gasteiger partial charge in [-0.3, -0.25) is 4.79 Å². The average molecular weight is 192 g/mol. The van der Waals surface area contributed by atoms with Crippen molar-refractivity contribution in [2.45, 2.75) is 13.8 Å². The van der Waals surface area contributed by atoms with Gasteiger partial charge in [-0.25, -0.2) is 0 Å². The van der Waals surface area contributed by atoms with E-state index in [2.05, 4.69) is 5.32 Å². The van der Waals surface area contributed by atoms with Crippen molar-refractivity contribution in [2.24, 2.45) is 5.73 Å². The Morgan fingerprint density at radius 1 is 1.43 bits per heavy atom. The number of nitrogens with one attached hydrogen (secondary N) is 1.